The molecule has 1 aliphatic carbocycles. The molecular formula is C17H25BrFNO. The van der Waals surface area contributed by atoms with Gasteiger partial charge in [-0.2, -0.15) is 0 Å². The van der Waals surface area contributed by atoms with Gasteiger partial charge in [-0.05, 0) is 44.0 Å². The highest BCUT2D eigenvalue weighted by Crippen LogP contribution is 2.49. The first-order chi connectivity index (χ1) is 10.1. The van der Waals surface area contributed by atoms with E-state index < -0.39 is 0 Å². The quantitative estimate of drug-likeness (QED) is 0.748. The first-order valence-electron chi connectivity index (χ1n) is 7.92. The molecule has 1 aromatic carbocycles. The highest BCUT2D eigenvalue weighted by atomic mass is 79.9. The predicted octanol–water partition coefficient (Wildman–Crippen LogP) is 4.91. The Hall–Kier alpha value is -0.610. The van der Waals surface area contributed by atoms with Gasteiger partial charge in [-0.1, -0.05) is 36.7 Å². The van der Waals surface area contributed by atoms with Crippen molar-refractivity contribution in [3.05, 3.63) is 28.5 Å². The summed E-state index contributed by atoms with van der Waals surface area (Å²) in [6.45, 7) is 7.62. The Morgan fingerprint density at radius 3 is 2.62 bits per heavy atom. The van der Waals surface area contributed by atoms with E-state index in [0.717, 1.165) is 36.7 Å². The zero-order chi connectivity index (χ0) is 15.5. The third-order valence-corrected chi connectivity index (χ3v) is 5.40. The third kappa shape index (κ3) is 3.26. The van der Waals surface area contributed by atoms with Crippen molar-refractivity contribution in [2.45, 2.75) is 58.6 Å². The molecule has 2 unspecified atom stereocenters. The summed E-state index contributed by atoms with van der Waals surface area (Å²) in [4.78, 5) is 0. The number of hydrogen-bond donors (Lipinski definition) is 1. The van der Waals surface area contributed by atoms with Crippen molar-refractivity contribution in [1.82, 2.24) is 5.32 Å². The molecule has 2 atom stereocenters. The standard InChI is InChI=1S/C17H25BrFNO/c1-4-9-20-15-11-16(17(15,5-2)6-3)21-14-8-7-12(18)10-13(14)19/h7-8,10,15-16,20H,4-6,9,11H2,1-3H3. The second-order valence-corrected chi connectivity index (χ2v) is 6.78. The van der Waals surface area contributed by atoms with Crippen molar-refractivity contribution >= 4 is 15.9 Å². The molecule has 2 nitrogen and oxygen atoms in total. The molecule has 1 fully saturated rings. The first-order valence-corrected chi connectivity index (χ1v) is 8.71. The van der Waals surface area contributed by atoms with E-state index in [1.165, 1.54) is 6.07 Å². The van der Waals surface area contributed by atoms with Crippen LogP contribution in [0.2, 0.25) is 0 Å². The Morgan fingerprint density at radius 2 is 2.05 bits per heavy atom. The van der Waals surface area contributed by atoms with Crippen molar-refractivity contribution in [3.8, 4) is 5.75 Å². The van der Waals surface area contributed by atoms with Gasteiger partial charge in [-0.3, -0.25) is 0 Å². The molecule has 0 spiro atoms. The molecule has 118 valence electrons. The molecule has 0 bridgehead atoms. The summed E-state index contributed by atoms with van der Waals surface area (Å²) in [5.41, 5.74) is 0.120. The predicted molar refractivity (Wildman–Crippen MR) is 88.2 cm³/mol. The van der Waals surface area contributed by atoms with Crippen LogP contribution in [0.25, 0.3) is 0 Å². The van der Waals surface area contributed by atoms with E-state index in [9.17, 15) is 4.39 Å². The van der Waals surface area contributed by atoms with Crippen LogP contribution in [0.5, 0.6) is 5.75 Å². The topological polar surface area (TPSA) is 21.3 Å². The van der Waals surface area contributed by atoms with Crippen LogP contribution >= 0.6 is 15.9 Å². The zero-order valence-corrected chi connectivity index (χ0v) is 14.7. The number of halogens is 2. The summed E-state index contributed by atoms with van der Waals surface area (Å²) in [7, 11) is 0. The normalized spacial score (nSPS) is 23.7. The van der Waals surface area contributed by atoms with E-state index in [0.29, 0.717) is 11.8 Å². The van der Waals surface area contributed by atoms with Crippen LogP contribution in [0.4, 0.5) is 4.39 Å². The van der Waals surface area contributed by atoms with Crippen molar-refractivity contribution in [1.29, 1.82) is 0 Å². The molecule has 0 radical (unpaired) electrons. The van der Waals surface area contributed by atoms with Crippen molar-refractivity contribution < 1.29 is 9.13 Å². The number of ether oxygens (including phenoxy) is 1. The van der Waals surface area contributed by atoms with Gasteiger partial charge in [0.1, 0.15) is 6.10 Å². The maximum absolute atomic E-state index is 14.0. The average molecular weight is 358 g/mol. The van der Waals surface area contributed by atoms with Gasteiger partial charge >= 0.3 is 0 Å². The van der Waals surface area contributed by atoms with Gasteiger partial charge in [-0.15, -0.1) is 0 Å². The smallest absolute Gasteiger partial charge is 0.166 e. The van der Waals surface area contributed by atoms with Gasteiger partial charge in [0.15, 0.2) is 11.6 Å². The molecule has 1 N–H and O–H groups in total. The van der Waals surface area contributed by atoms with Gasteiger partial charge in [0.05, 0.1) is 0 Å². The monoisotopic (exact) mass is 357 g/mol. The van der Waals surface area contributed by atoms with E-state index in [1.807, 2.05) is 6.07 Å². The summed E-state index contributed by atoms with van der Waals surface area (Å²) < 4.78 is 20.7. The summed E-state index contributed by atoms with van der Waals surface area (Å²) >= 11 is 3.28. The Balaban J connectivity index is 2.09. The van der Waals surface area contributed by atoms with E-state index in [4.69, 9.17) is 4.74 Å². The van der Waals surface area contributed by atoms with Crippen molar-refractivity contribution in [2.75, 3.05) is 6.54 Å². The molecule has 4 heteroatoms. The van der Waals surface area contributed by atoms with Crippen LogP contribution in [0.1, 0.15) is 46.5 Å². The van der Waals surface area contributed by atoms with Crippen molar-refractivity contribution in [3.63, 3.8) is 0 Å². The van der Waals surface area contributed by atoms with Gasteiger partial charge in [-0.25, -0.2) is 4.39 Å². The zero-order valence-electron chi connectivity index (χ0n) is 13.1. The Labute approximate surface area is 135 Å². The summed E-state index contributed by atoms with van der Waals surface area (Å²) in [5, 5.41) is 3.62. The van der Waals surface area contributed by atoms with Gasteiger partial charge in [0, 0.05) is 22.4 Å². The molecular weight excluding hydrogens is 333 g/mol. The molecule has 0 saturated heterocycles. The fourth-order valence-electron chi connectivity index (χ4n) is 3.44. The summed E-state index contributed by atoms with van der Waals surface area (Å²) in [6, 6.07) is 5.47. The molecule has 1 saturated carbocycles. The van der Waals surface area contributed by atoms with Gasteiger partial charge in [0.25, 0.3) is 0 Å². The molecule has 21 heavy (non-hydrogen) atoms. The molecule has 2 rings (SSSR count). The fraction of sp³-hybridized carbons (Fsp3) is 0.647. The van der Waals surface area contributed by atoms with Crippen LogP contribution in [0.3, 0.4) is 0 Å². The van der Waals surface area contributed by atoms with Gasteiger partial charge in [0.2, 0.25) is 0 Å². The average Bonchev–Trinajstić information content (AvgIpc) is 2.45. The minimum absolute atomic E-state index is 0.0949. The fourth-order valence-corrected chi connectivity index (χ4v) is 3.77. The molecule has 0 amide bonds. The van der Waals surface area contributed by atoms with E-state index in [2.05, 4.69) is 42.0 Å². The largest absolute Gasteiger partial charge is 0.487 e. The second-order valence-electron chi connectivity index (χ2n) is 5.86. The van der Waals surface area contributed by atoms with Crippen molar-refractivity contribution in [2.24, 2.45) is 5.41 Å². The number of rotatable bonds is 7. The number of benzene rings is 1. The Kier molecular flexibility index (Phi) is 5.67. The minimum Gasteiger partial charge on any atom is -0.487 e. The highest BCUT2D eigenvalue weighted by Gasteiger charge is 2.54. The second kappa shape index (κ2) is 7.10. The van der Waals surface area contributed by atoms with Crippen LogP contribution < -0.4 is 10.1 Å². The van der Waals surface area contributed by atoms with Crippen LogP contribution in [-0.4, -0.2) is 18.7 Å². The lowest BCUT2D eigenvalue weighted by Gasteiger charge is -2.55. The third-order valence-electron chi connectivity index (χ3n) is 4.91. The highest BCUT2D eigenvalue weighted by molar-refractivity contribution is 9.10. The number of hydrogen-bond acceptors (Lipinski definition) is 2. The van der Waals surface area contributed by atoms with Gasteiger partial charge < -0.3 is 10.1 Å². The molecule has 0 aliphatic heterocycles. The minimum atomic E-state index is -0.296. The lowest BCUT2D eigenvalue weighted by molar-refractivity contribution is -0.0872. The van der Waals surface area contributed by atoms with Crippen LogP contribution in [0.15, 0.2) is 22.7 Å². The van der Waals surface area contributed by atoms with E-state index in [-0.39, 0.29) is 17.3 Å². The Bertz CT molecular complexity index is 476. The lowest BCUT2D eigenvalue weighted by Crippen LogP contribution is -2.64. The molecule has 0 heterocycles. The number of nitrogens with one attached hydrogen (secondary N) is 1. The maximum atomic E-state index is 14.0. The molecule has 1 aromatic rings. The molecule has 0 aromatic heterocycles. The van der Waals surface area contributed by atoms with Crippen LogP contribution in [-0.2, 0) is 0 Å². The Morgan fingerprint density at radius 1 is 1.33 bits per heavy atom. The summed E-state index contributed by atoms with van der Waals surface area (Å²) in [5.74, 6) is 0.0684. The van der Waals surface area contributed by atoms with Crippen LogP contribution in [0, 0.1) is 11.2 Å². The first kappa shape index (κ1) is 16.8. The van der Waals surface area contributed by atoms with E-state index >= 15 is 0 Å². The SMILES string of the molecule is CCCNC1CC(Oc2ccc(Br)cc2F)C1(CC)CC. The molecule has 1 aliphatic rings. The maximum Gasteiger partial charge on any atom is 0.166 e. The lowest BCUT2D eigenvalue weighted by atomic mass is 9.58. The van der Waals surface area contributed by atoms with E-state index in [1.54, 1.807) is 6.07 Å². The summed E-state index contributed by atoms with van der Waals surface area (Å²) in [6.07, 6.45) is 4.28.